The van der Waals surface area contributed by atoms with Gasteiger partial charge in [0.1, 0.15) is 6.10 Å². The maximum Gasteiger partial charge on any atom is 0.490 e. The first-order valence-electron chi connectivity index (χ1n) is 6.18. The Morgan fingerprint density at radius 3 is 2.70 bits per heavy atom. The summed E-state index contributed by atoms with van der Waals surface area (Å²) in [7, 11) is -1.61. The zero-order chi connectivity index (χ0) is 14.7. The van der Waals surface area contributed by atoms with E-state index in [9.17, 15) is 0 Å². The van der Waals surface area contributed by atoms with Crippen LogP contribution in [0.2, 0.25) is 0 Å². The van der Waals surface area contributed by atoms with Crippen molar-refractivity contribution >= 4 is 18.4 Å². The van der Waals surface area contributed by atoms with Gasteiger partial charge in [-0.1, -0.05) is 0 Å². The molecule has 0 radical (unpaired) electrons. The van der Waals surface area contributed by atoms with Crippen molar-refractivity contribution < 1.29 is 14.8 Å². The molecule has 2 aromatic heterocycles. The van der Waals surface area contributed by atoms with Crippen LogP contribution in [0.4, 0.5) is 5.82 Å². The van der Waals surface area contributed by atoms with Crippen molar-refractivity contribution in [3.63, 3.8) is 0 Å². The predicted octanol–water partition coefficient (Wildman–Crippen LogP) is 0.187. The van der Waals surface area contributed by atoms with Gasteiger partial charge in [-0.15, -0.1) is 0 Å². The maximum absolute atomic E-state index is 9.13. The highest BCUT2D eigenvalue weighted by Crippen LogP contribution is 2.24. The highest BCUT2D eigenvalue weighted by molar-refractivity contribution is 6.58. The Balaban J connectivity index is 2.23. The van der Waals surface area contributed by atoms with Crippen LogP contribution in [0.15, 0.2) is 30.6 Å². The summed E-state index contributed by atoms with van der Waals surface area (Å²) in [5.74, 6) is 0.486. The minimum atomic E-state index is -1.61. The van der Waals surface area contributed by atoms with Crippen LogP contribution in [0.3, 0.4) is 0 Å². The standard InChI is InChI=1S/C13H16BN3O3/c1-8-3-4-16-11(5-8)9(2)20-12-6-10(14(18)19)7-17-13(12)15/h3-7,9,18-19H,1-2H3,(H2,15,17). The summed E-state index contributed by atoms with van der Waals surface area (Å²) in [5, 5.41) is 18.3. The molecule has 0 saturated heterocycles. The first-order chi connectivity index (χ1) is 9.47. The molecule has 0 aliphatic carbocycles. The van der Waals surface area contributed by atoms with E-state index in [2.05, 4.69) is 9.97 Å². The van der Waals surface area contributed by atoms with Gasteiger partial charge in [0, 0.05) is 17.9 Å². The van der Waals surface area contributed by atoms with Crippen LogP contribution in [-0.2, 0) is 0 Å². The van der Waals surface area contributed by atoms with E-state index in [4.69, 9.17) is 20.5 Å². The van der Waals surface area contributed by atoms with Gasteiger partial charge >= 0.3 is 7.12 Å². The number of aryl methyl sites for hydroxylation is 1. The minimum Gasteiger partial charge on any atom is -0.481 e. The second-order valence-corrected chi connectivity index (χ2v) is 4.54. The zero-order valence-corrected chi connectivity index (χ0v) is 11.3. The number of anilines is 1. The summed E-state index contributed by atoms with van der Waals surface area (Å²) < 4.78 is 5.70. The van der Waals surface area contributed by atoms with E-state index < -0.39 is 7.12 Å². The van der Waals surface area contributed by atoms with Crippen LogP contribution >= 0.6 is 0 Å². The molecule has 2 heterocycles. The molecule has 104 valence electrons. The van der Waals surface area contributed by atoms with Crippen molar-refractivity contribution in [2.75, 3.05) is 5.73 Å². The molecule has 20 heavy (non-hydrogen) atoms. The van der Waals surface area contributed by atoms with Crippen LogP contribution in [-0.4, -0.2) is 27.1 Å². The molecule has 0 aliphatic rings. The Kier molecular flexibility index (Phi) is 4.21. The van der Waals surface area contributed by atoms with Gasteiger partial charge < -0.3 is 20.5 Å². The zero-order valence-electron chi connectivity index (χ0n) is 11.3. The van der Waals surface area contributed by atoms with Crippen LogP contribution < -0.4 is 15.9 Å². The fourth-order valence-electron chi connectivity index (χ4n) is 1.74. The third kappa shape index (κ3) is 3.25. The summed E-state index contributed by atoms with van der Waals surface area (Å²) in [5.41, 5.74) is 7.79. The Bertz CT molecular complexity index is 607. The summed E-state index contributed by atoms with van der Waals surface area (Å²) >= 11 is 0. The Morgan fingerprint density at radius 1 is 1.30 bits per heavy atom. The number of pyridine rings is 2. The summed E-state index contributed by atoms with van der Waals surface area (Å²) in [6, 6.07) is 5.27. The van der Waals surface area contributed by atoms with E-state index in [0.29, 0.717) is 5.75 Å². The second-order valence-electron chi connectivity index (χ2n) is 4.54. The van der Waals surface area contributed by atoms with Gasteiger partial charge in [0.15, 0.2) is 11.6 Å². The quantitative estimate of drug-likeness (QED) is 0.687. The highest BCUT2D eigenvalue weighted by Gasteiger charge is 2.17. The van der Waals surface area contributed by atoms with Crippen molar-refractivity contribution in [1.82, 2.24) is 9.97 Å². The lowest BCUT2D eigenvalue weighted by atomic mass is 9.81. The van der Waals surface area contributed by atoms with E-state index >= 15 is 0 Å². The molecule has 0 amide bonds. The summed E-state index contributed by atoms with van der Waals surface area (Å²) in [4.78, 5) is 8.11. The third-order valence-corrected chi connectivity index (χ3v) is 2.86. The van der Waals surface area contributed by atoms with Crippen molar-refractivity contribution in [3.05, 3.63) is 41.9 Å². The minimum absolute atomic E-state index is 0.189. The smallest absolute Gasteiger partial charge is 0.481 e. The SMILES string of the molecule is Cc1ccnc(C(C)Oc2cc(B(O)O)cnc2N)c1. The molecule has 7 heteroatoms. The van der Waals surface area contributed by atoms with Crippen molar-refractivity contribution in [2.45, 2.75) is 20.0 Å². The number of hydrogen-bond acceptors (Lipinski definition) is 6. The van der Waals surface area contributed by atoms with Crippen molar-refractivity contribution in [2.24, 2.45) is 0 Å². The number of aromatic nitrogens is 2. The van der Waals surface area contributed by atoms with E-state index in [1.807, 2.05) is 26.0 Å². The molecular weight excluding hydrogens is 257 g/mol. The Hall–Kier alpha value is -2.12. The number of hydrogen-bond donors (Lipinski definition) is 3. The highest BCUT2D eigenvalue weighted by atomic mass is 16.5. The van der Waals surface area contributed by atoms with Gasteiger partial charge in [0.05, 0.1) is 5.69 Å². The molecule has 0 spiro atoms. The number of ether oxygens (including phenoxy) is 1. The fourth-order valence-corrected chi connectivity index (χ4v) is 1.74. The van der Waals surface area contributed by atoms with Crippen molar-refractivity contribution in [1.29, 1.82) is 0 Å². The lowest BCUT2D eigenvalue weighted by molar-refractivity contribution is 0.222. The van der Waals surface area contributed by atoms with Crippen LogP contribution in [0.25, 0.3) is 0 Å². The average Bonchev–Trinajstić information content (AvgIpc) is 2.41. The molecule has 0 aromatic carbocycles. The number of nitrogens with two attached hydrogens (primary N) is 1. The number of nitrogens with zero attached hydrogens (tertiary/aromatic N) is 2. The van der Waals surface area contributed by atoms with Gasteiger partial charge in [-0.25, -0.2) is 4.98 Å². The fraction of sp³-hybridized carbons (Fsp3) is 0.231. The summed E-state index contributed by atoms with van der Waals surface area (Å²) in [6.07, 6.45) is 2.67. The third-order valence-electron chi connectivity index (χ3n) is 2.86. The molecule has 6 nitrogen and oxygen atoms in total. The molecule has 2 rings (SSSR count). The maximum atomic E-state index is 9.13. The molecule has 1 unspecified atom stereocenters. The van der Waals surface area contributed by atoms with Gasteiger partial charge in [-0.3, -0.25) is 4.98 Å². The van der Waals surface area contributed by atoms with Gasteiger partial charge in [0.2, 0.25) is 0 Å². The van der Waals surface area contributed by atoms with Crippen LogP contribution in [0, 0.1) is 6.92 Å². The lowest BCUT2D eigenvalue weighted by Crippen LogP contribution is -2.30. The van der Waals surface area contributed by atoms with E-state index in [1.165, 1.54) is 12.3 Å². The van der Waals surface area contributed by atoms with E-state index in [0.717, 1.165) is 11.3 Å². The molecular formula is C13H16BN3O3. The molecule has 2 aromatic rings. The van der Waals surface area contributed by atoms with E-state index in [-0.39, 0.29) is 17.4 Å². The van der Waals surface area contributed by atoms with Gasteiger partial charge in [-0.2, -0.15) is 0 Å². The molecule has 4 N–H and O–H groups in total. The van der Waals surface area contributed by atoms with Gasteiger partial charge in [-0.05, 0) is 37.6 Å². The average molecular weight is 273 g/mol. The number of nitrogen functional groups attached to an aromatic ring is 1. The topological polar surface area (TPSA) is 101 Å². The predicted molar refractivity (Wildman–Crippen MR) is 76.5 cm³/mol. The van der Waals surface area contributed by atoms with Crippen LogP contribution in [0.5, 0.6) is 5.75 Å². The molecule has 1 atom stereocenters. The first-order valence-corrected chi connectivity index (χ1v) is 6.18. The molecule has 0 saturated carbocycles. The molecule has 0 aliphatic heterocycles. The Labute approximate surface area is 117 Å². The lowest BCUT2D eigenvalue weighted by Gasteiger charge is -2.16. The monoisotopic (exact) mass is 273 g/mol. The van der Waals surface area contributed by atoms with Gasteiger partial charge in [0.25, 0.3) is 0 Å². The van der Waals surface area contributed by atoms with Crippen molar-refractivity contribution in [3.8, 4) is 5.75 Å². The molecule has 0 fully saturated rings. The first kappa shape index (κ1) is 14.3. The largest absolute Gasteiger partial charge is 0.490 e. The van der Waals surface area contributed by atoms with E-state index in [1.54, 1.807) is 6.20 Å². The second kappa shape index (κ2) is 5.89. The van der Waals surface area contributed by atoms with Crippen LogP contribution in [0.1, 0.15) is 24.3 Å². The number of rotatable bonds is 4. The summed E-state index contributed by atoms with van der Waals surface area (Å²) in [6.45, 7) is 3.81. The Morgan fingerprint density at radius 2 is 2.05 bits per heavy atom. The molecule has 0 bridgehead atoms. The normalized spacial score (nSPS) is 12.0.